The van der Waals surface area contributed by atoms with Crippen molar-refractivity contribution in [2.24, 2.45) is 0 Å². The van der Waals surface area contributed by atoms with E-state index in [-0.39, 0.29) is 5.82 Å². The molecule has 0 spiro atoms. The lowest BCUT2D eigenvalue weighted by Gasteiger charge is -1.99. The number of methoxy groups -OCH3 is 1. The van der Waals surface area contributed by atoms with E-state index in [0.717, 1.165) is 0 Å². The van der Waals surface area contributed by atoms with E-state index in [4.69, 9.17) is 4.74 Å². The van der Waals surface area contributed by atoms with E-state index in [9.17, 15) is 4.39 Å². The van der Waals surface area contributed by atoms with Crippen LogP contribution < -0.4 is 4.74 Å². The molecule has 0 aliphatic rings. The maximum atomic E-state index is 12.6. The van der Waals surface area contributed by atoms with Crippen LogP contribution in [0, 0.1) is 5.82 Å². The van der Waals surface area contributed by atoms with Crippen molar-refractivity contribution >= 4 is 12.6 Å². The predicted molar refractivity (Wildman–Crippen MR) is 40.2 cm³/mol. The zero-order chi connectivity index (χ0) is 7.56. The van der Waals surface area contributed by atoms with Gasteiger partial charge in [-0.3, -0.25) is 0 Å². The molecule has 0 radical (unpaired) electrons. The largest absolute Gasteiger partial charge is 0.497 e. The summed E-state index contributed by atoms with van der Waals surface area (Å²) in [5.74, 6) is 0.151. The minimum Gasteiger partial charge on any atom is -0.497 e. The van der Waals surface area contributed by atoms with Gasteiger partial charge in [0.1, 0.15) is 11.6 Å². The first-order chi connectivity index (χ1) is 4.74. The highest BCUT2D eigenvalue weighted by Gasteiger charge is 1.97. The molecule has 0 heterocycles. The highest BCUT2D eigenvalue weighted by molar-refractivity contribution is 7.80. The van der Waals surface area contributed by atoms with Crippen molar-refractivity contribution in [2.45, 2.75) is 4.90 Å². The Morgan fingerprint density at radius 1 is 1.50 bits per heavy atom. The summed E-state index contributed by atoms with van der Waals surface area (Å²) in [5, 5.41) is 0. The molecule has 0 saturated carbocycles. The first kappa shape index (κ1) is 7.41. The summed E-state index contributed by atoms with van der Waals surface area (Å²) in [6.07, 6.45) is 0. The molecular formula is C7H7FOS. The van der Waals surface area contributed by atoms with Gasteiger partial charge in [0.2, 0.25) is 0 Å². The van der Waals surface area contributed by atoms with Crippen molar-refractivity contribution in [2.75, 3.05) is 7.11 Å². The van der Waals surface area contributed by atoms with Crippen molar-refractivity contribution < 1.29 is 9.13 Å². The summed E-state index contributed by atoms with van der Waals surface area (Å²) in [4.78, 5) is 0.334. The topological polar surface area (TPSA) is 9.23 Å². The Balaban J connectivity index is 3.04. The first-order valence-corrected chi connectivity index (χ1v) is 3.21. The molecule has 0 aromatic heterocycles. The van der Waals surface area contributed by atoms with Gasteiger partial charge in [-0.15, -0.1) is 12.6 Å². The van der Waals surface area contributed by atoms with Crippen molar-refractivity contribution in [3.05, 3.63) is 24.0 Å². The molecule has 0 bridgehead atoms. The van der Waals surface area contributed by atoms with Crippen LogP contribution in [0.4, 0.5) is 4.39 Å². The van der Waals surface area contributed by atoms with Gasteiger partial charge in [0, 0.05) is 11.0 Å². The lowest BCUT2D eigenvalue weighted by atomic mass is 10.3. The number of hydrogen-bond donors (Lipinski definition) is 1. The second kappa shape index (κ2) is 2.92. The summed E-state index contributed by atoms with van der Waals surface area (Å²) >= 11 is 3.85. The van der Waals surface area contributed by atoms with E-state index in [1.165, 1.54) is 13.2 Å². The Labute approximate surface area is 64.2 Å². The molecule has 1 rings (SSSR count). The fraction of sp³-hybridized carbons (Fsp3) is 0.143. The molecular weight excluding hydrogens is 151 g/mol. The average Bonchev–Trinajstić information content (AvgIpc) is 1.95. The number of halogens is 1. The zero-order valence-corrected chi connectivity index (χ0v) is 6.36. The molecule has 0 N–H and O–H groups in total. The van der Waals surface area contributed by atoms with Crippen LogP contribution in [0.15, 0.2) is 23.1 Å². The predicted octanol–water partition coefficient (Wildman–Crippen LogP) is 2.12. The third-order valence-corrected chi connectivity index (χ3v) is 1.52. The Morgan fingerprint density at radius 3 is 2.70 bits per heavy atom. The molecule has 10 heavy (non-hydrogen) atoms. The molecule has 0 fully saturated rings. The fourth-order valence-electron chi connectivity index (χ4n) is 0.615. The molecule has 1 aromatic carbocycles. The highest BCUT2D eigenvalue weighted by atomic mass is 32.1. The van der Waals surface area contributed by atoms with Crippen LogP contribution in [-0.4, -0.2) is 7.11 Å². The summed E-state index contributed by atoms with van der Waals surface area (Å²) in [6.45, 7) is 0. The van der Waals surface area contributed by atoms with Gasteiger partial charge in [-0.2, -0.15) is 0 Å². The maximum absolute atomic E-state index is 12.6. The number of benzene rings is 1. The van der Waals surface area contributed by atoms with Crippen LogP contribution in [-0.2, 0) is 0 Å². The van der Waals surface area contributed by atoms with Crippen LogP contribution >= 0.6 is 12.6 Å². The normalized spacial score (nSPS) is 9.50. The Kier molecular flexibility index (Phi) is 2.17. The van der Waals surface area contributed by atoms with Gasteiger partial charge in [-0.05, 0) is 12.1 Å². The first-order valence-electron chi connectivity index (χ1n) is 2.76. The molecule has 3 heteroatoms. The van der Waals surface area contributed by atoms with Gasteiger partial charge in [0.25, 0.3) is 0 Å². The van der Waals surface area contributed by atoms with Crippen molar-refractivity contribution in [3.63, 3.8) is 0 Å². The Hall–Kier alpha value is -0.700. The van der Waals surface area contributed by atoms with Gasteiger partial charge < -0.3 is 4.74 Å². The van der Waals surface area contributed by atoms with E-state index < -0.39 is 0 Å². The molecule has 0 amide bonds. The zero-order valence-electron chi connectivity index (χ0n) is 5.47. The lowest BCUT2D eigenvalue weighted by molar-refractivity contribution is 0.410. The lowest BCUT2D eigenvalue weighted by Crippen LogP contribution is -1.84. The molecule has 0 aliphatic carbocycles. The second-order valence-electron chi connectivity index (χ2n) is 1.82. The standard InChI is InChI=1S/C7H7FOS/c1-9-5-2-3-7(10)6(8)4-5/h2-4,10H,1H3. The average molecular weight is 158 g/mol. The molecule has 0 atom stereocenters. The van der Waals surface area contributed by atoms with Crippen LogP contribution in [0.1, 0.15) is 0 Å². The van der Waals surface area contributed by atoms with Gasteiger partial charge in [-0.25, -0.2) is 4.39 Å². The number of rotatable bonds is 1. The second-order valence-corrected chi connectivity index (χ2v) is 2.30. The van der Waals surface area contributed by atoms with Gasteiger partial charge in [0.15, 0.2) is 0 Å². The quantitative estimate of drug-likeness (QED) is 0.616. The van der Waals surface area contributed by atoms with E-state index in [1.54, 1.807) is 12.1 Å². The molecule has 1 aromatic rings. The Morgan fingerprint density at radius 2 is 2.20 bits per heavy atom. The van der Waals surface area contributed by atoms with Crippen LogP contribution in [0.3, 0.4) is 0 Å². The third-order valence-electron chi connectivity index (χ3n) is 1.15. The van der Waals surface area contributed by atoms with E-state index >= 15 is 0 Å². The van der Waals surface area contributed by atoms with Crippen LogP contribution in [0.5, 0.6) is 5.75 Å². The minimum absolute atomic E-state index is 0.334. The van der Waals surface area contributed by atoms with Crippen molar-refractivity contribution in [3.8, 4) is 5.75 Å². The van der Waals surface area contributed by atoms with Gasteiger partial charge >= 0.3 is 0 Å². The summed E-state index contributed by atoms with van der Waals surface area (Å²) in [5.41, 5.74) is 0. The SMILES string of the molecule is COc1ccc(S)c(F)c1. The highest BCUT2D eigenvalue weighted by Crippen LogP contribution is 2.18. The molecule has 1 nitrogen and oxygen atoms in total. The third kappa shape index (κ3) is 1.42. The molecule has 54 valence electrons. The van der Waals surface area contributed by atoms with Crippen molar-refractivity contribution in [1.29, 1.82) is 0 Å². The number of ether oxygens (including phenoxy) is 1. The van der Waals surface area contributed by atoms with Crippen molar-refractivity contribution in [1.82, 2.24) is 0 Å². The van der Waals surface area contributed by atoms with Crippen LogP contribution in [0.2, 0.25) is 0 Å². The van der Waals surface area contributed by atoms with Gasteiger partial charge in [0.05, 0.1) is 7.11 Å². The fourth-order valence-corrected chi connectivity index (χ4v) is 0.754. The maximum Gasteiger partial charge on any atom is 0.140 e. The smallest absolute Gasteiger partial charge is 0.140 e. The molecule has 0 saturated heterocycles. The summed E-state index contributed by atoms with van der Waals surface area (Å²) in [6, 6.07) is 4.50. The van der Waals surface area contributed by atoms with Crippen LogP contribution in [0.25, 0.3) is 0 Å². The summed E-state index contributed by atoms with van der Waals surface area (Å²) < 4.78 is 17.4. The molecule has 0 unspecified atom stereocenters. The van der Waals surface area contributed by atoms with E-state index in [0.29, 0.717) is 10.6 Å². The minimum atomic E-state index is -0.359. The monoisotopic (exact) mass is 158 g/mol. The Bertz CT molecular complexity index is 237. The number of hydrogen-bond acceptors (Lipinski definition) is 2. The summed E-state index contributed by atoms with van der Waals surface area (Å²) in [7, 11) is 1.49. The van der Waals surface area contributed by atoms with E-state index in [1.807, 2.05) is 0 Å². The number of thiol groups is 1. The van der Waals surface area contributed by atoms with Gasteiger partial charge in [-0.1, -0.05) is 0 Å². The molecule has 0 aliphatic heterocycles. The van der Waals surface area contributed by atoms with E-state index in [2.05, 4.69) is 12.6 Å².